The first kappa shape index (κ1) is 18.2. The third-order valence-corrected chi connectivity index (χ3v) is 4.88. The van der Waals surface area contributed by atoms with E-state index in [0.29, 0.717) is 5.92 Å². The van der Waals surface area contributed by atoms with Crippen LogP contribution >= 0.6 is 0 Å². The highest BCUT2D eigenvalue weighted by Gasteiger charge is 2.14. The lowest BCUT2D eigenvalue weighted by molar-refractivity contribution is 0.189. The highest BCUT2D eigenvalue weighted by molar-refractivity contribution is 5.30. The first-order chi connectivity index (χ1) is 10.1. The summed E-state index contributed by atoms with van der Waals surface area (Å²) in [6.07, 6.45) is 15.5. The Bertz CT molecular complexity index is 371. The summed E-state index contributed by atoms with van der Waals surface area (Å²) in [5, 5.41) is 0. The van der Waals surface area contributed by atoms with Gasteiger partial charge in [0.15, 0.2) is 0 Å². The lowest BCUT2D eigenvalue weighted by Crippen LogP contribution is -2.35. The Kier molecular flexibility index (Phi) is 8.68. The van der Waals surface area contributed by atoms with E-state index in [1.54, 1.807) is 5.57 Å². The summed E-state index contributed by atoms with van der Waals surface area (Å²) in [5.41, 5.74) is 2.96. The van der Waals surface area contributed by atoms with Crippen molar-refractivity contribution in [2.45, 2.75) is 72.8 Å². The van der Waals surface area contributed by atoms with Crippen molar-refractivity contribution in [3.8, 4) is 0 Å². The van der Waals surface area contributed by atoms with Crippen LogP contribution in [0.1, 0.15) is 66.7 Å². The van der Waals surface area contributed by atoms with Gasteiger partial charge in [-0.05, 0) is 58.0 Å². The van der Waals surface area contributed by atoms with Crippen LogP contribution in [-0.2, 0) is 0 Å². The standard InChI is InChI=1S/C20H35N/c1-6-20(7-2)21(8-3)16-10-12-18(5)19-13-9-11-17(4)14-15-19/h9,11,14-15,18,20H,6-8,10,12-13,16H2,1-5H3. The van der Waals surface area contributed by atoms with Gasteiger partial charge in [-0.1, -0.05) is 63.1 Å². The fourth-order valence-electron chi connectivity index (χ4n) is 3.30. The minimum atomic E-state index is 0.706. The molecular formula is C20H35N. The van der Waals surface area contributed by atoms with Crippen LogP contribution in [0.2, 0.25) is 0 Å². The molecule has 1 aliphatic rings. The van der Waals surface area contributed by atoms with E-state index >= 15 is 0 Å². The van der Waals surface area contributed by atoms with Crippen LogP contribution in [0.25, 0.3) is 0 Å². The summed E-state index contributed by atoms with van der Waals surface area (Å²) in [4.78, 5) is 2.66. The molecule has 0 bridgehead atoms. The Morgan fingerprint density at radius 3 is 2.48 bits per heavy atom. The number of allylic oxidation sites excluding steroid dienone is 6. The average Bonchev–Trinajstić information content (AvgIpc) is 2.71. The van der Waals surface area contributed by atoms with E-state index in [9.17, 15) is 0 Å². The van der Waals surface area contributed by atoms with Gasteiger partial charge in [0.2, 0.25) is 0 Å². The molecule has 0 N–H and O–H groups in total. The second kappa shape index (κ2) is 10.00. The van der Waals surface area contributed by atoms with Crippen molar-refractivity contribution in [3.05, 3.63) is 35.5 Å². The van der Waals surface area contributed by atoms with Crippen molar-refractivity contribution < 1.29 is 0 Å². The second-order valence-electron chi connectivity index (χ2n) is 6.40. The van der Waals surface area contributed by atoms with Gasteiger partial charge in [0.1, 0.15) is 0 Å². The van der Waals surface area contributed by atoms with Gasteiger partial charge in [0.25, 0.3) is 0 Å². The molecule has 0 amide bonds. The minimum Gasteiger partial charge on any atom is -0.301 e. The van der Waals surface area contributed by atoms with Gasteiger partial charge in [0.05, 0.1) is 0 Å². The predicted molar refractivity (Wildman–Crippen MR) is 95.6 cm³/mol. The molecule has 0 radical (unpaired) electrons. The van der Waals surface area contributed by atoms with Crippen LogP contribution in [0.15, 0.2) is 35.5 Å². The minimum absolute atomic E-state index is 0.706. The van der Waals surface area contributed by atoms with E-state index < -0.39 is 0 Å². The van der Waals surface area contributed by atoms with Gasteiger partial charge in [-0.25, -0.2) is 0 Å². The second-order valence-corrected chi connectivity index (χ2v) is 6.40. The Labute approximate surface area is 132 Å². The number of hydrogen-bond acceptors (Lipinski definition) is 1. The molecule has 0 saturated carbocycles. The topological polar surface area (TPSA) is 3.24 Å². The lowest BCUT2D eigenvalue weighted by Gasteiger charge is -2.29. The van der Waals surface area contributed by atoms with Crippen LogP contribution in [-0.4, -0.2) is 24.0 Å². The van der Waals surface area contributed by atoms with Gasteiger partial charge in [-0.15, -0.1) is 0 Å². The molecule has 0 saturated heterocycles. The number of nitrogens with zero attached hydrogens (tertiary/aromatic N) is 1. The van der Waals surface area contributed by atoms with Gasteiger partial charge in [-0.3, -0.25) is 0 Å². The molecule has 1 aliphatic carbocycles. The van der Waals surface area contributed by atoms with E-state index in [-0.39, 0.29) is 0 Å². The van der Waals surface area contributed by atoms with Crippen LogP contribution in [0, 0.1) is 5.92 Å². The average molecular weight is 290 g/mol. The molecule has 1 atom stereocenters. The van der Waals surface area contributed by atoms with Crippen molar-refractivity contribution in [2.75, 3.05) is 13.1 Å². The SMILES string of the molecule is CCC(CC)N(CC)CCCC(C)C1=CC=C(C)C=CC1. The van der Waals surface area contributed by atoms with E-state index in [2.05, 4.69) is 63.8 Å². The van der Waals surface area contributed by atoms with E-state index in [1.165, 1.54) is 44.3 Å². The third kappa shape index (κ3) is 6.22. The zero-order valence-electron chi connectivity index (χ0n) is 14.9. The molecule has 1 heteroatoms. The quantitative estimate of drug-likeness (QED) is 0.522. The molecule has 0 aromatic rings. The van der Waals surface area contributed by atoms with Gasteiger partial charge in [-0.2, -0.15) is 0 Å². The monoisotopic (exact) mass is 289 g/mol. The number of hydrogen-bond donors (Lipinski definition) is 0. The highest BCUT2D eigenvalue weighted by atomic mass is 15.1. The fourth-order valence-corrected chi connectivity index (χ4v) is 3.30. The van der Waals surface area contributed by atoms with Gasteiger partial charge < -0.3 is 4.90 Å². The molecule has 1 unspecified atom stereocenters. The zero-order chi connectivity index (χ0) is 15.7. The van der Waals surface area contributed by atoms with Gasteiger partial charge >= 0.3 is 0 Å². The first-order valence-electron chi connectivity index (χ1n) is 8.90. The van der Waals surface area contributed by atoms with Gasteiger partial charge in [0, 0.05) is 6.04 Å². The maximum atomic E-state index is 2.66. The normalized spacial score (nSPS) is 16.9. The van der Waals surface area contributed by atoms with Crippen molar-refractivity contribution >= 4 is 0 Å². The van der Waals surface area contributed by atoms with E-state index in [0.717, 1.165) is 12.5 Å². The Morgan fingerprint density at radius 2 is 1.86 bits per heavy atom. The smallest absolute Gasteiger partial charge is 0.00898 e. The lowest BCUT2D eigenvalue weighted by atomic mass is 9.93. The van der Waals surface area contributed by atoms with Crippen molar-refractivity contribution in [3.63, 3.8) is 0 Å². The molecule has 0 aromatic carbocycles. The molecule has 0 aromatic heterocycles. The summed E-state index contributed by atoms with van der Waals surface area (Å²) in [6.45, 7) is 13.9. The summed E-state index contributed by atoms with van der Waals surface area (Å²) in [5.74, 6) is 0.706. The number of rotatable bonds is 9. The van der Waals surface area contributed by atoms with Crippen molar-refractivity contribution in [2.24, 2.45) is 5.92 Å². The largest absolute Gasteiger partial charge is 0.301 e. The van der Waals surface area contributed by atoms with Crippen LogP contribution in [0.5, 0.6) is 0 Å². The summed E-state index contributed by atoms with van der Waals surface area (Å²) in [6, 6.07) is 0.774. The molecule has 120 valence electrons. The molecule has 21 heavy (non-hydrogen) atoms. The Morgan fingerprint density at radius 1 is 1.14 bits per heavy atom. The van der Waals surface area contributed by atoms with Crippen molar-refractivity contribution in [1.29, 1.82) is 0 Å². The zero-order valence-corrected chi connectivity index (χ0v) is 14.9. The molecular weight excluding hydrogens is 254 g/mol. The fraction of sp³-hybridized carbons (Fsp3) is 0.700. The molecule has 0 heterocycles. The summed E-state index contributed by atoms with van der Waals surface area (Å²) < 4.78 is 0. The molecule has 0 aliphatic heterocycles. The predicted octanol–water partition coefficient (Wildman–Crippen LogP) is 5.75. The highest BCUT2D eigenvalue weighted by Crippen LogP contribution is 2.23. The Balaban J connectivity index is 2.42. The van der Waals surface area contributed by atoms with Crippen molar-refractivity contribution in [1.82, 2.24) is 4.90 Å². The van der Waals surface area contributed by atoms with Crippen LogP contribution in [0.4, 0.5) is 0 Å². The maximum Gasteiger partial charge on any atom is 0.00898 e. The van der Waals surface area contributed by atoms with E-state index in [1.807, 2.05) is 0 Å². The molecule has 1 nitrogen and oxygen atoms in total. The maximum absolute atomic E-state index is 2.66. The summed E-state index contributed by atoms with van der Waals surface area (Å²) in [7, 11) is 0. The Hall–Kier alpha value is -0.820. The third-order valence-electron chi connectivity index (χ3n) is 4.88. The van der Waals surface area contributed by atoms with Crippen LogP contribution < -0.4 is 0 Å². The molecule has 0 fully saturated rings. The molecule has 1 rings (SSSR count). The van der Waals surface area contributed by atoms with E-state index in [4.69, 9.17) is 0 Å². The molecule has 0 spiro atoms. The first-order valence-corrected chi connectivity index (χ1v) is 8.90. The van der Waals surface area contributed by atoms with Crippen LogP contribution in [0.3, 0.4) is 0 Å². The summed E-state index contributed by atoms with van der Waals surface area (Å²) >= 11 is 0.